The Bertz CT molecular complexity index is 245. The van der Waals surface area contributed by atoms with Crippen molar-refractivity contribution in [1.29, 1.82) is 0 Å². The van der Waals surface area contributed by atoms with Gasteiger partial charge in [0.05, 0.1) is 0 Å². The second-order valence-corrected chi connectivity index (χ2v) is 7.01. The van der Waals surface area contributed by atoms with E-state index in [9.17, 15) is 0 Å². The highest BCUT2D eigenvalue weighted by Gasteiger charge is 2.41. The summed E-state index contributed by atoms with van der Waals surface area (Å²) in [5.74, 6) is 0.778. The highest BCUT2D eigenvalue weighted by molar-refractivity contribution is 4.97. The minimum atomic E-state index is 0.219. The maximum atomic E-state index is 6.10. The molecule has 1 heterocycles. The second kappa shape index (κ2) is 6.38. The summed E-state index contributed by atoms with van der Waals surface area (Å²) in [5, 5.41) is 0. The molecule has 1 aliphatic rings. The van der Waals surface area contributed by atoms with Gasteiger partial charge in [0.25, 0.3) is 0 Å². The topological polar surface area (TPSA) is 29.3 Å². The molecule has 0 bridgehead atoms. The largest absolute Gasteiger partial charge is 0.329 e. The van der Waals surface area contributed by atoms with Crippen LogP contribution in [0, 0.1) is 11.3 Å². The van der Waals surface area contributed by atoms with Gasteiger partial charge < -0.3 is 5.73 Å². The van der Waals surface area contributed by atoms with Gasteiger partial charge in [0.1, 0.15) is 0 Å². The Morgan fingerprint density at radius 1 is 1.28 bits per heavy atom. The first-order valence-electron chi connectivity index (χ1n) is 7.86. The molecule has 0 aliphatic carbocycles. The number of likely N-dealkylation sites (tertiary alicyclic amines) is 1. The molecule has 0 aromatic carbocycles. The quantitative estimate of drug-likeness (QED) is 0.751. The van der Waals surface area contributed by atoms with Crippen molar-refractivity contribution in [3.8, 4) is 0 Å². The SMILES string of the molecule is CCC1(CC)CCN(C(C)(CN)CCC(C)C)C1. The Morgan fingerprint density at radius 2 is 1.89 bits per heavy atom. The third kappa shape index (κ3) is 3.48. The normalized spacial score (nSPS) is 23.5. The van der Waals surface area contributed by atoms with Gasteiger partial charge in [-0.3, -0.25) is 4.90 Å². The minimum absolute atomic E-state index is 0.219. The molecule has 2 heteroatoms. The third-order valence-electron chi connectivity index (χ3n) is 5.40. The molecule has 1 fully saturated rings. The van der Waals surface area contributed by atoms with Crippen molar-refractivity contribution in [1.82, 2.24) is 4.90 Å². The van der Waals surface area contributed by atoms with Crippen LogP contribution in [-0.2, 0) is 0 Å². The first kappa shape index (κ1) is 16.0. The fraction of sp³-hybridized carbons (Fsp3) is 1.00. The fourth-order valence-electron chi connectivity index (χ4n) is 3.21. The maximum Gasteiger partial charge on any atom is 0.0303 e. The Morgan fingerprint density at radius 3 is 2.28 bits per heavy atom. The van der Waals surface area contributed by atoms with E-state index in [4.69, 9.17) is 5.73 Å². The molecule has 2 N–H and O–H groups in total. The average Bonchev–Trinajstić information content (AvgIpc) is 2.81. The van der Waals surface area contributed by atoms with Crippen molar-refractivity contribution < 1.29 is 0 Å². The van der Waals surface area contributed by atoms with Gasteiger partial charge >= 0.3 is 0 Å². The molecule has 1 unspecified atom stereocenters. The highest BCUT2D eigenvalue weighted by Crippen LogP contribution is 2.40. The second-order valence-electron chi connectivity index (χ2n) is 7.01. The number of nitrogens with two attached hydrogens (primary N) is 1. The molecular weight excluding hydrogens is 220 g/mol. The Balaban J connectivity index is 2.67. The van der Waals surface area contributed by atoms with Crippen molar-refractivity contribution in [2.24, 2.45) is 17.1 Å². The molecule has 1 atom stereocenters. The number of hydrogen-bond donors (Lipinski definition) is 1. The lowest BCUT2D eigenvalue weighted by atomic mass is 9.81. The van der Waals surface area contributed by atoms with Crippen LogP contribution in [0.5, 0.6) is 0 Å². The van der Waals surface area contributed by atoms with Crippen LogP contribution in [0.15, 0.2) is 0 Å². The van der Waals surface area contributed by atoms with Gasteiger partial charge in [0, 0.05) is 18.6 Å². The Labute approximate surface area is 114 Å². The summed E-state index contributed by atoms with van der Waals surface area (Å²) in [6, 6.07) is 0. The zero-order valence-corrected chi connectivity index (χ0v) is 13.3. The van der Waals surface area contributed by atoms with Gasteiger partial charge in [-0.15, -0.1) is 0 Å². The minimum Gasteiger partial charge on any atom is -0.329 e. The van der Waals surface area contributed by atoms with Crippen LogP contribution < -0.4 is 5.73 Å². The standard InChI is InChI=1S/C16H34N2/c1-6-16(7-2)10-11-18(13-16)15(5,12-17)9-8-14(3)4/h14H,6-13,17H2,1-5H3. The Kier molecular flexibility index (Phi) is 5.67. The van der Waals surface area contributed by atoms with Crippen LogP contribution in [-0.4, -0.2) is 30.1 Å². The number of hydrogen-bond acceptors (Lipinski definition) is 2. The van der Waals surface area contributed by atoms with E-state index in [2.05, 4.69) is 39.5 Å². The first-order valence-corrected chi connectivity index (χ1v) is 7.86. The van der Waals surface area contributed by atoms with E-state index >= 15 is 0 Å². The van der Waals surface area contributed by atoms with E-state index in [0.29, 0.717) is 5.41 Å². The lowest BCUT2D eigenvalue weighted by Gasteiger charge is -2.40. The van der Waals surface area contributed by atoms with Gasteiger partial charge in [-0.05, 0) is 56.9 Å². The van der Waals surface area contributed by atoms with Gasteiger partial charge in [0.15, 0.2) is 0 Å². The predicted molar refractivity (Wildman–Crippen MR) is 80.7 cm³/mol. The third-order valence-corrected chi connectivity index (χ3v) is 5.40. The fourth-order valence-corrected chi connectivity index (χ4v) is 3.21. The lowest BCUT2D eigenvalue weighted by molar-refractivity contribution is 0.104. The summed E-state index contributed by atoms with van der Waals surface area (Å²) in [4.78, 5) is 2.68. The van der Waals surface area contributed by atoms with Crippen molar-refractivity contribution in [2.75, 3.05) is 19.6 Å². The van der Waals surface area contributed by atoms with Crippen LogP contribution >= 0.6 is 0 Å². The van der Waals surface area contributed by atoms with Crippen molar-refractivity contribution in [3.63, 3.8) is 0 Å². The predicted octanol–water partition coefficient (Wildman–Crippen LogP) is 3.65. The molecule has 108 valence electrons. The number of rotatable bonds is 7. The van der Waals surface area contributed by atoms with Gasteiger partial charge in [-0.1, -0.05) is 27.7 Å². The summed E-state index contributed by atoms with van der Waals surface area (Å²) in [5.41, 5.74) is 6.89. The van der Waals surface area contributed by atoms with Gasteiger partial charge in [-0.25, -0.2) is 0 Å². The highest BCUT2D eigenvalue weighted by atomic mass is 15.2. The summed E-state index contributed by atoms with van der Waals surface area (Å²) < 4.78 is 0. The van der Waals surface area contributed by atoms with Crippen molar-refractivity contribution in [3.05, 3.63) is 0 Å². The zero-order valence-electron chi connectivity index (χ0n) is 13.3. The van der Waals surface area contributed by atoms with Crippen LogP contribution in [0.4, 0.5) is 0 Å². The van der Waals surface area contributed by atoms with E-state index in [-0.39, 0.29) is 5.54 Å². The molecule has 0 amide bonds. The molecular formula is C16H34N2. The monoisotopic (exact) mass is 254 g/mol. The molecule has 0 radical (unpaired) electrons. The molecule has 1 rings (SSSR count). The number of nitrogens with zero attached hydrogens (tertiary/aromatic N) is 1. The molecule has 0 aromatic rings. The molecule has 0 spiro atoms. The van der Waals surface area contributed by atoms with E-state index in [1.807, 2.05) is 0 Å². The summed E-state index contributed by atoms with van der Waals surface area (Å²) in [6.07, 6.45) is 6.51. The molecule has 18 heavy (non-hydrogen) atoms. The van der Waals surface area contributed by atoms with Crippen LogP contribution in [0.25, 0.3) is 0 Å². The average molecular weight is 254 g/mol. The Hall–Kier alpha value is -0.0800. The molecule has 2 nitrogen and oxygen atoms in total. The van der Waals surface area contributed by atoms with Crippen molar-refractivity contribution in [2.45, 2.75) is 72.3 Å². The summed E-state index contributed by atoms with van der Waals surface area (Å²) in [6.45, 7) is 15.0. The van der Waals surface area contributed by atoms with Gasteiger partial charge in [-0.2, -0.15) is 0 Å². The molecule has 0 aromatic heterocycles. The lowest BCUT2D eigenvalue weighted by Crippen LogP contribution is -2.51. The molecule has 1 saturated heterocycles. The van der Waals surface area contributed by atoms with Crippen LogP contribution in [0.3, 0.4) is 0 Å². The van der Waals surface area contributed by atoms with E-state index in [1.165, 1.54) is 45.2 Å². The van der Waals surface area contributed by atoms with E-state index in [1.54, 1.807) is 0 Å². The van der Waals surface area contributed by atoms with E-state index in [0.717, 1.165) is 12.5 Å². The molecule has 1 aliphatic heterocycles. The zero-order chi connectivity index (χ0) is 13.8. The van der Waals surface area contributed by atoms with Crippen LogP contribution in [0.1, 0.15) is 66.7 Å². The smallest absolute Gasteiger partial charge is 0.0303 e. The molecule has 0 saturated carbocycles. The summed E-state index contributed by atoms with van der Waals surface area (Å²) >= 11 is 0. The van der Waals surface area contributed by atoms with Crippen LogP contribution in [0.2, 0.25) is 0 Å². The summed E-state index contributed by atoms with van der Waals surface area (Å²) in [7, 11) is 0. The van der Waals surface area contributed by atoms with Gasteiger partial charge in [0.2, 0.25) is 0 Å². The van der Waals surface area contributed by atoms with E-state index < -0.39 is 0 Å². The van der Waals surface area contributed by atoms with Crippen molar-refractivity contribution >= 4 is 0 Å². The first-order chi connectivity index (χ1) is 8.41. The maximum absolute atomic E-state index is 6.10.